The van der Waals surface area contributed by atoms with Gasteiger partial charge in [0.2, 0.25) is 0 Å². The average molecular weight is 467 g/mol. The highest BCUT2D eigenvalue weighted by atomic mass is 16.3. The van der Waals surface area contributed by atoms with Crippen molar-refractivity contribution in [2.24, 2.45) is 28.9 Å². The van der Waals surface area contributed by atoms with Gasteiger partial charge in [0.05, 0.1) is 11.3 Å². The number of carbonyl (C=O) groups is 2. The normalized spacial score (nSPS) is 27.9. The predicted octanol–water partition coefficient (Wildman–Crippen LogP) is 3.78. The predicted molar refractivity (Wildman–Crippen MR) is 131 cm³/mol. The van der Waals surface area contributed by atoms with Crippen LogP contribution in [0.2, 0.25) is 0 Å². The maximum Gasteiger partial charge on any atom is 0.269 e. The first kappa shape index (κ1) is 23.3. The third-order valence-corrected chi connectivity index (χ3v) is 8.57. The number of primary amides is 1. The summed E-state index contributed by atoms with van der Waals surface area (Å²) < 4.78 is 1.79. The molecule has 0 aromatic carbocycles. The van der Waals surface area contributed by atoms with Gasteiger partial charge < -0.3 is 16.2 Å². The fraction of sp³-hybridized carbons (Fsp3) is 0.667. The topological polar surface area (TPSA) is 110 Å². The van der Waals surface area contributed by atoms with Crippen LogP contribution < -0.4 is 11.1 Å². The number of amides is 2. The van der Waals surface area contributed by atoms with Gasteiger partial charge in [-0.05, 0) is 113 Å². The molecule has 2 aromatic heterocycles. The number of hydrogen-bond acceptors (Lipinski definition) is 4. The molecule has 4 N–H and O–H groups in total. The Hall–Kier alpha value is -2.41. The minimum atomic E-state index is -0.755. The van der Waals surface area contributed by atoms with Gasteiger partial charge in [-0.15, -0.1) is 0 Å². The van der Waals surface area contributed by atoms with Crippen LogP contribution in [0.3, 0.4) is 0 Å². The van der Waals surface area contributed by atoms with Gasteiger partial charge in [-0.3, -0.25) is 14.0 Å². The number of hydrogen-bond donors (Lipinski definition) is 3. The maximum atomic E-state index is 13.7. The van der Waals surface area contributed by atoms with Crippen molar-refractivity contribution in [3.05, 3.63) is 34.8 Å². The molecule has 2 amide bonds. The van der Waals surface area contributed by atoms with E-state index in [4.69, 9.17) is 5.73 Å². The average Bonchev–Trinajstić information content (AvgIpc) is 3.07. The third kappa shape index (κ3) is 4.35. The maximum absolute atomic E-state index is 13.7. The zero-order valence-corrected chi connectivity index (χ0v) is 20.7. The van der Waals surface area contributed by atoms with Crippen molar-refractivity contribution in [1.29, 1.82) is 0 Å². The van der Waals surface area contributed by atoms with Crippen LogP contribution in [0.15, 0.2) is 12.1 Å². The highest BCUT2D eigenvalue weighted by Crippen LogP contribution is 2.59. The van der Waals surface area contributed by atoms with E-state index in [-0.39, 0.29) is 17.0 Å². The van der Waals surface area contributed by atoms with Crippen molar-refractivity contribution in [1.82, 2.24) is 14.7 Å². The van der Waals surface area contributed by atoms with Gasteiger partial charge in [0, 0.05) is 6.54 Å². The summed E-state index contributed by atoms with van der Waals surface area (Å²) in [6, 6.07) is 3.77. The highest BCUT2D eigenvalue weighted by Gasteiger charge is 2.50. The lowest BCUT2D eigenvalue weighted by Gasteiger charge is -2.56. The van der Waals surface area contributed by atoms with E-state index in [1.54, 1.807) is 25.2 Å². The number of pyridine rings is 1. The summed E-state index contributed by atoms with van der Waals surface area (Å²) in [5.74, 6) is 1.79. The molecule has 0 spiro atoms. The van der Waals surface area contributed by atoms with Gasteiger partial charge in [-0.2, -0.15) is 0 Å². The first-order valence-electron chi connectivity index (χ1n) is 12.8. The van der Waals surface area contributed by atoms with Crippen molar-refractivity contribution in [2.45, 2.75) is 84.2 Å². The molecule has 184 valence electrons. The number of rotatable bonds is 8. The minimum Gasteiger partial charge on any atom is -0.390 e. The Labute approximate surface area is 201 Å². The number of nitrogens with zero attached hydrogens (tertiary/aromatic N) is 2. The first-order valence-corrected chi connectivity index (χ1v) is 12.8. The van der Waals surface area contributed by atoms with Crippen LogP contribution in [0.4, 0.5) is 0 Å². The van der Waals surface area contributed by atoms with E-state index in [9.17, 15) is 14.7 Å². The summed E-state index contributed by atoms with van der Waals surface area (Å²) in [5.41, 5.74) is 7.82. The summed E-state index contributed by atoms with van der Waals surface area (Å²) in [6.07, 6.45) is 9.87. The summed E-state index contributed by atoms with van der Waals surface area (Å²) in [4.78, 5) is 30.1. The number of aromatic nitrogens is 2. The van der Waals surface area contributed by atoms with E-state index >= 15 is 0 Å². The molecule has 0 unspecified atom stereocenters. The summed E-state index contributed by atoms with van der Waals surface area (Å²) >= 11 is 0. The molecular weight excluding hydrogens is 428 g/mol. The van der Waals surface area contributed by atoms with Crippen molar-refractivity contribution in [2.75, 3.05) is 6.54 Å². The lowest BCUT2D eigenvalue weighted by Crippen LogP contribution is -2.51. The fourth-order valence-electron chi connectivity index (χ4n) is 7.57. The largest absolute Gasteiger partial charge is 0.390 e. The van der Waals surface area contributed by atoms with Crippen LogP contribution in [0, 0.1) is 30.1 Å². The van der Waals surface area contributed by atoms with Gasteiger partial charge in [0.25, 0.3) is 11.8 Å². The van der Waals surface area contributed by atoms with E-state index in [0.29, 0.717) is 36.4 Å². The molecule has 0 saturated heterocycles. The van der Waals surface area contributed by atoms with Crippen LogP contribution in [0.5, 0.6) is 0 Å². The zero-order valence-electron chi connectivity index (χ0n) is 20.7. The monoisotopic (exact) mass is 466 g/mol. The third-order valence-electron chi connectivity index (χ3n) is 8.57. The summed E-state index contributed by atoms with van der Waals surface area (Å²) in [6.45, 7) is 6.10. The molecule has 6 rings (SSSR count). The smallest absolute Gasteiger partial charge is 0.269 e. The Balaban J connectivity index is 1.44. The molecular formula is C27H38N4O3. The molecule has 4 aliphatic rings. The molecule has 4 saturated carbocycles. The molecule has 4 aliphatic carbocycles. The molecule has 4 fully saturated rings. The number of aryl methyl sites for hydroxylation is 2. The standard InChI is InChI=1S/C27H38N4O3/c1-16-22(24(28)32)30-21-7-6-20(5-4-8-26(2,3)34)23(31(16)21)25(33)29-15-27-12-17-9-18(13-27)11-19(10-17)14-27/h6-7,17-19,34H,4-5,8-15H2,1-3H3,(H2,28,32)(H,29,33). The molecule has 34 heavy (non-hydrogen) atoms. The summed E-state index contributed by atoms with van der Waals surface area (Å²) in [5, 5.41) is 13.5. The van der Waals surface area contributed by atoms with Gasteiger partial charge in [-0.25, -0.2) is 4.98 Å². The quantitative estimate of drug-likeness (QED) is 0.550. The van der Waals surface area contributed by atoms with Crippen molar-refractivity contribution >= 4 is 17.5 Å². The van der Waals surface area contributed by atoms with E-state index in [0.717, 1.165) is 29.7 Å². The Bertz CT molecular complexity index is 1090. The molecule has 0 radical (unpaired) electrons. The lowest BCUT2D eigenvalue weighted by molar-refractivity contribution is -0.0503. The number of nitrogens with one attached hydrogen (secondary N) is 1. The summed E-state index contributed by atoms with van der Waals surface area (Å²) in [7, 11) is 0. The fourth-order valence-corrected chi connectivity index (χ4v) is 7.57. The van der Waals surface area contributed by atoms with Crippen molar-refractivity contribution in [3.63, 3.8) is 0 Å². The number of aliphatic hydroxyl groups is 1. The Morgan fingerprint density at radius 2 is 1.79 bits per heavy atom. The number of imidazole rings is 1. The van der Waals surface area contributed by atoms with Gasteiger partial charge in [0.15, 0.2) is 0 Å². The molecule has 7 nitrogen and oxygen atoms in total. The molecule has 7 heteroatoms. The van der Waals surface area contributed by atoms with Crippen LogP contribution in [-0.4, -0.2) is 38.5 Å². The van der Waals surface area contributed by atoms with Gasteiger partial charge in [0.1, 0.15) is 17.0 Å². The van der Waals surface area contributed by atoms with E-state index < -0.39 is 11.5 Å². The minimum absolute atomic E-state index is 0.115. The second kappa shape index (κ2) is 8.36. The van der Waals surface area contributed by atoms with E-state index in [1.165, 1.54) is 38.5 Å². The zero-order chi connectivity index (χ0) is 24.3. The van der Waals surface area contributed by atoms with Crippen molar-refractivity contribution in [3.8, 4) is 0 Å². The number of nitrogens with two attached hydrogens (primary N) is 1. The lowest BCUT2D eigenvalue weighted by atomic mass is 9.49. The van der Waals surface area contributed by atoms with Gasteiger partial charge in [-0.1, -0.05) is 6.07 Å². The van der Waals surface area contributed by atoms with Crippen molar-refractivity contribution < 1.29 is 14.7 Å². The Kier molecular flexibility index (Phi) is 5.74. The second-order valence-corrected chi connectivity index (χ2v) is 12.1. The van der Waals surface area contributed by atoms with Crippen LogP contribution >= 0.6 is 0 Å². The van der Waals surface area contributed by atoms with Crippen LogP contribution in [-0.2, 0) is 6.42 Å². The molecule has 2 aromatic rings. The molecule has 4 bridgehead atoms. The van der Waals surface area contributed by atoms with E-state index in [1.807, 2.05) is 12.1 Å². The second-order valence-electron chi connectivity index (χ2n) is 12.1. The number of fused-ring (bicyclic) bond motifs is 1. The molecule has 2 heterocycles. The van der Waals surface area contributed by atoms with Crippen LogP contribution in [0.25, 0.3) is 5.65 Å². The van der Waals surface area contributed by atoms with Gasteiger partial charge >= 0.3 is 0 Å². The highest BCUT2D eigenvalue weighted by molar-refractivity contribution is 5.97. The van der Waals surface area contributed by atoms with Crippen LogP contribution in [0.1, 0.15) is 97.4 Å². The first-order chi connectivity index (χ1) is 16.0. The molecule has 0 atom stereocenters. The van der Waals surface area contributed by atoms with E-state index in [2.05, 4.69) is 10.3 Å². The Morgan fingerprint density at radius 3 is 2.35 bits per heavy atom. The molecule has 0 aliphatic heterocycles. The SMILES string of the molecule is Cc1c(C(N)=O)nc2ccc(CCCC(C)(C)O)c(C(=O)NCC34CC5CC(CC(C5)C3)C4)n12. The Morgan fingerprint density at radius 1 is 1.18 bits per heavy atom. The number of carbonyl (C=O) groups excluding carboxylic acids is 2.